The number of alkyl halides is 3. The highest BCUT2D eigenvalue weighted by atomic mass is 32.2. The Labute approximate surface area is 214 Å². The molecule has 0 bridgehead atoms. The van der Waals surface area contributed by atoms with Gasteiger partial charge >= 0.3 is 6.18 Å². The van der Waals surface area contributed by atoms with Crippen LogP contribution in [0.2, 0.25) is 0 Å². The number of nitrogens with zero attached hydrogens (tertiary/aromatic N) is 4. The number of pyridine rings is 1. The summed E-state index contributed by atoms with van der Waals surface area (Å²) in [4.78, 5) is 25.6. The number of nitrogens with two attached hydrogens (primary N) is 1. The van der Waals surface area contributed by atoms with E-state index in [4.69, 9.17) is 10.7 Å². The molecule has 1 aliphatic heterocycles. The first-order valence-electron chi connectivity index (χ1n) is 11.7. The zero-order chi connectivity index (χ0) is 26.0. The Balaban J connectivity index is 1.37. The maximum absolute atomic E-state index is 13.0. The molecule has 1 fully saturated rings. The third kappa shape index (κ3) is 5.54. The Morgan fingerprint density at radius 2 is 2.00 bits per heavy atom. The molecular weight excluding hydrogens is 503 g/mol. The summed E-state index contributed by atoms with van der Waals surface area (Å²) in [5.74, 6) is 1.57. The van der Waals surface area contributed by atoms with Gasteiger partial charge in [0.2, 0.25) is 0 Å². The second kappa shape index (κ2) is 10.4. The average molecular weight is 528 g/mol. The van der Waals surface area contributed by atoms with Crippen LogP contribution < -0.4 is 16.4 Å². The van der Waals surface area contributed by atoms with Crippen molar-refractivity contribution >= 4 is 34.8 Å². The number of carbonyl (C=O) groups excluding carboxylic acids is 1. The molecule has 0 saturated carbocycles. The number of aromatic nitrogens is 4. The number of carbonyl (C=O) groups is 1. The van der Waals surface area contributed by atoms with Gasteiger partial charge in [-0.1, -0.05) is 12.1 Å². The minimum absolute atomic E-state index is 0.182. The molecule has 192 valence electrons. The fraction of sp³-hybridized carbons (Fsp3) is 0.280. The van der Waals surface area contributed by atoms with Gasteiger partial charge in [0.05, 0.1) is 5.56 Å². The molecule has 3 aromatic heterocycles. The number of aryl methyl sites for hydroxylation is 1. The van der Waals surface area contributed by atoms with Gasteiger partial charge in [-0.3, -0.25) is 9.20 Å². The van der Waals surface area contributed by atoms with Crippen molar-refractivity contribution in [2.24, 2.45) is 0 Å². The molecule has 0 aliphatic carbocycles. The standard InChI is InChI=1S/C25H24F3N7OS/c26-25(27,28)17-7-8-31-19(13-17)33-24(36)16-3-1-15(2-4-16)21-22-23(29)32-9-11-35(22)20(34-21)6-5-18-14-30-10-12-37-18/h1-4,7-9,11,13,18,30H,5-6,10,12,14H2,(H2,29,32)(H,31,33,36). The van der Waals surface area contributed by atoms with Crippen LogP contribution in [0.4, 0.5) is 24.8 Å². The number of rotatable bonds is 6. The third-order valence-electron chi connectivity index (χ3n) is 6.10. The van der Waals surface area contributed by atoms with E-state index in [9.17, 15) is 18.0 Å². The summed E-state index contributed by atoms with van der Waals surface area (Å²) < 4.78 is 40.8. The number of benzene rings is 1. The number of imidazole rings is 1. The summed E-state index contributed by atoms with van der Waals surface area (Å²) in [6, 6.07) is 8.27. The number of hydrogen-bond donors (Lipinski definition) is 3. The van der Waals surface area contributed by atoms with Crippen molar-refractivity contribution in [2.45, 2.75) is 24.3 Å². The van der Waals surface area contributed by atoms with E-state index < -0.39 is 17.6 Å². The number of nitrogens with one attached hydrogen (secondary N) is 2. The lowest BCUT2D eigenvalue weighted by atomic mass is 10.1. The molecule has 1 saturated heterocycles. The van der Waals surface area contributed by atoms with Gasteiger partial charge in [-0.15, -0.1) is 0 Å². The van der Waals surface area contributed by atoms with Crippen molar-refractivity contribution in [2.75, 3.05) is 29.9 Å². The topological polar surface area (TPSA) is 110 Å². The lowest BCUT2D eigenvalue weighted by Gasteiger charge is -2.21. The molecule has 4 aromatic rings. The van der Waals surface area contributed by atoms with Crippen molar-refractivity contribution in [3.63, 3.8) is 0 Å². The molecule has 1 aliphatic rings. The fourth-order valence-electron chi connectivity index (χ4n) is 4.24. The van der Waals surface area contributed by atoms with Crippen molar-refractivity contribution in [3.05, 3.63) is 71.9 Å². The highest BCUT2D eigenvalue weighted by Gasteiger charge is 2.31. The Morgan fingerprint density at radius 3 is 2.73 bits per heavy atom. The number of amides is 1. The SMILES string of the molecule is Nc1nccn2c(CCC3CNCCS3)nc(-c3ccc(C(=O)Nc4cc(C(F)(F)F)ccn4)cc3)c12. The zero-order valence-electron chi connectivity index (χ0n) is 19.6. The van der Waals surface area contributed by atoms with E-state index >= 15 is 0 Å². The maximum atomic E-state index is 13.0. The first-order valence-corrected chi connectivity index (χ1v) is 12.7. The third-order valence-corrected chi connectivity index (χ3v) is 7.41. The number of hydrogen-bond acceptors (Lipinski definition) is 7. The second-order valence-corrected chi connectivity index (χ2v) is 10.0. The lowest BCUT2D eigenvalue weighted by Crippen LogP contribution is -2.33. The van der Waals surface area contributed by atoms with E-state index in [1.54, 1.807) is 30.5 Å². The van der Waals surface area contributed by atoms with Gasteiger partial charge in [0.1, 0.15) is 28.7 Å². The van der Waals surface area contributed by atoms with E-state index in [0.29, 0.717) is 22.3 Å². The Bertz CT molecular complexity index is 1420. The summed E-state index contributed by atoms with van der Waals surface area (Å²) in [6.45, 7) is 2.01. The number of fused-ring (bicyclic) bond motifs is 1. The second-order valence-electron chi connectivity index (χ2n) is 8.60. The highest BCUT2D eigenvalue weighted by molar-refractivity contribution is 8.00. The number of halogens is 3. The van der Waals surface area contributed by atoms with Crippen molar-refractivity contribution in [1.29, 1.82) is 0 Å². The molecule has 1 atom stereocenters. The monoisotopic (exact) mass is 527 g/mol. The Kier molecular flexibility index (Phi) is 7.02. The van der Waals surface area contributed by atoms with Crippen LogP contribution in [0.1, 0.15) is 28.2 Å². The summed E-state index contributed by atoms with van der Waals surface area (Å²) in [5.41, 5.74) is 7.68. The van der Waals surface area contributed by atoms with Crippen LogP contribution in [0.5, 0.6) is 0 Å². The van der Waals surface area contributed by atoms with Gasteiger partial charge in [0, 0.05) is 60.2 Å². The van der Waals surface area contributed by atoms with Crippen molar-refractivity contribution < 1.29 is 18.0 Å². The molecule has 0 spiro atoms. The molecular formula is C25H24F3N7OS. The minimum Gasteiger partial charge on any atom is -0.382 e. The number of anilines is 2. The molecule has 5 rings (SSSR count). The molecule has 0 radical (unpaired) electrons. The van der Waals surface area contributed by atoms with Crippen molar-refractivity contribution in [1.82, 2.24) is 24.7 Å². The maximum Gasteiger partial charge on any atom is 0.416 e. The van der Waals surface area contributed by atoms with Gasteiger partial charge in [-0.2, -0.15) is 24.9 Å². The Morgan fingerprint density at radius 1 is 1.19 bits per heavy atom. The van der Waals surface area contributed by atoms with Crippen LogP contribution in [-0.2, 0) is 12.6 Å². The van der Waals surface area contributed by atoms with Crippen LogP contribution >= 0.6 is 11.8 Å². The Hall–Kier alpha value is -3.64. The molecule has 4 N–H and O–H groups in total. The van der Waals surface area contributed by atoms with E-state index in [-0.39, 0.29) is 11.4 Å². The van der Waals surface area contributed by atoms with Gasteiger partial charge in [-0.25, -0.2) is 15.0 Å². The normalized spacial score (nSPS) is 16.1. The van der Waals surface area contributed by atoms with E-state index in [0.717, 1.165) is 61.4 Å². The van der Waals surface area contributed by atoms with Gasteiger partial charge in [0.15, 0.2) is 0 Å². The van der Waals surface area contributed by atoms with Crippen LogP contribution in [0.25, 0.3) is 16.8 Å². The molecule has 1 amide bonds. The van der Waals surface area contributed by atoms with Crippen LogP contribution in [0, 0.1) is 0 Å². The van der Waals surface area contributed by atoms with Crippen LogP contribution in [-0.4, -0.2) is 49.4 Å². The quantitative estimate of drug-likeness (QED) is 0.343. The lowest BCUT2D eigenvalue weighted by molar-refractivity contribution is -0.137. The predicted molar refractivity (Wildman–Crippen MR) is 137 cm³/mol. The zero-order valence-corrected chi connectivity index (χ0v) is 20.4. The molecule has 12 heteroatoms. The summed E-state index contributed by atoms with van der Waals surface area (Å²) in [5, 5.41) is 6.36. The first kappa shape index (κ1) is 25.0. The van der Waals surface area contributed by atoms with Crippen molar-refractivity contribution in [3.8, 4) is 11.3 Å². The average Bonchev–Trinajstić information content (AvgIpc) is 3.28. The fourth-order valence-corrected chi connectivity index (χ4v) is 5.36. The smallest absolute Gasteiger partial charge is 0.382 e. The van der Waals surface area contributed by atoms with E-state index in [1.807, 2.05) is 22.4 Å². The van der Waals surface area contributed by atoms with Gasteiger partial charge < -0.3 is 16.4 Å². The molecule has 1 unspecified atom stereocenters. The van der Waals surface area contributed by atoms with E-state index in [1.165, 1.54) is 0 Å². The van der Waals surface area contributed by atoms with Gasteiger partial charge in [0.25, 0.3) is 5.91 Å². The summed E-state index contributed by atoms with van der Waals surface area (Å²) in [7, 11) is 0. The number of nitrogen functional groups attached to an aromatic ring is 1. The minimum atomic E-state index is -4.53. The number of thioether (sulfide) groups is 1. The van der Waals surface area contributed by atoms with Crippen LogP contribution in [0.3, 0.4) is 0 Å². The molecule has 1 aromatic carbocycles. The summed E-state index contributed by atoms with van der Waals surface area (Å²) >= 11 is 1.97. The first-order chi connectivity index (χ1) is 17.8. The molecule has 37 heavy (non-hydrogen) atoms. The molecule has 4 heterocycles. The molecule has 8 nitrogen and oxygen atoms in total. The predicted octanol–water partition coefficient (Wildman–Crippen LogP) is 4.28. The van der Waals surface area contributed by atoms with Gasteiger partial charge in [-0.05, 0) is 30.7 Å². The van der Waals surface area contributed by atoms with E-state index in [2.05, 4.69) is 20.6 Å². The van der Waals surface area contributed by atoms with Crippen LogP contribution in [0.15, 0.2) is 55.0 Å². The largest absolute Gasteiger partial charge is 0.416 e. The summed E-state index contributed by atoms with van der Waals surface area (Å²) in [6.07, 6.45) is 1.71. The highest BCUT2D eigenvalue weighted by Crippen LogP contribution is 2.31.